The highest BCUT2D eigenvalue weighted by Crippen LogP contribution is 2.37. The van der Waals surface area contributed by atoms with E-state index >= 15 is 0 Å². The molecule has 180 valence electrons. The maximum atomic E-state index is 12.7. The van der Waals surface area contributed by atoms with Gasteiger partial charge in [-0.2, -0.15) is 9.78 Å². The molecular weight excluding hydrogens is 544 g/mol. The lowest BCUT2D eigenvalue weighted by atomic mass is 10.2. The first kappa shape index (κ1) is 24.2. The molecule has 1 amide bonds. The lowest BCUT2D eigenvalue weighted by Gasteiger charge is -2.13. The summed E-state index contributed by atoms with van der Waals surface area (Å²) in [5, 5.41) is 19.5. The lowest BCUT2D eigenvalue weighted by molar-refractivity contribution is 0.0946. The predicted octanol–water partition coefficient (Wildman–Crippen LogP) is 3.31. The van der Waals surface area contributed by atoms with Crippen LogP contribution in [0.2, 0.25) is 5.02 Å². The third-order valence-corrected chi connectivity index (χ3v) is 5.48. The minimum Gasteiger partial charge on any atom is -0.493 e. The van der Waals surface area contributed by atoms with E-state index in [-0.39, 0.29) is 17.3 Å². The monoisotopic (exact) mass is 560 g/mol. The first-order chi connectivity index (χ1) is 16.9. The summed E-state index contributed by atoms with van der Waals surface area (Å²) in [6.07, 6.45) is 1.45. The number of nitrogens with two attached hydrogens (primary N) is 1. The van der Waals surface area contributed by atoms with E-state index < -0.39 is 5.91 Å². The standard InChI is InChI=1S/C21H18BrClN8O4/c1-11-17(31(30-26-11)20-19(24)28-35-29-20)21(32)27-25-9-13-7-15(22)18(16(8-13)33-2)34-10-12-4-3-5-14(23)6-12/h3-9H,10H2,1-2H3,(H2,24,28)(H,27,32)/b25-9-. The van der Waals surface area contributed by atoms with Crippen LogP contribution in [-0.2, 0) is 6.61 Å². The minimum absolute atomic E-state index is 0.0398. The Bertz CT molecular complexity index is 1400. The van der Waals surface area contributed by atoms with E-state index in [1.54, 1.807) is 25.1 Å². The number of hydrazone groups is 1. The highest BCUT2D eigenvalue weighted by Gasteiger charge is 2.22. The van der Waals surface area contributed by atoms with Crippen molar-refractivity contribution in [3.8, 4) is 17.3 Å². The van der Waals surface area contributed by atoms with Crippen molar-refractivity contribution < 1.29 is 18.9 Å². The number of carbonyl (C=O) groups is 1. The van der Waals surface area contributed by atoms with Crippen molar-refractivity contribution in [3.05, 3.63) is 68.4 Å². The van der Waals surface area contributed by atoms with Gasteiger partial charge in [0.2, 0.25) is 11.6 Å². The van der Waals surface area contributed by atoms with Crippen molar-refractivity contribution in [1.82, 2.24) is 30.7 Å². The zero-order chi connectivity index (χ0) is 24.9. The molecule has 2 aromatic carbocycles. The summed E-state index contributed by atoms with van der Waals surface area (Å²) in [7, 11) is 1.53. The summed E-state index contributed by atoms with van der Waals surface area (Å²) in [6, 6.07) is 10.9. The number of halogens is 2. The normalized spacial score (nSPS) is 11.1. The molecule has 0 spiro atoms. The molecule has 0 unspecified atom stereocenters. The van der Waals surface area contributed by atoms with E-state index in [1.165, 1.54) is 13.3 Å². The Balaban J connectivity index is 1.48. The van der Waals surface area contributed by atoms with Gasteiger partial charge in [-0.3, -0.25) is 4.79 Å². The number of anilines is 1. The molecule has 0 saturated carbocycles. The second-order valence-electron chi connectivity index (χ2n) is 7.06. The van der Waals surface area contributed by atoms with Gasteiger partial charge in [-0.15, -0.1) is 5.10 Å². The van der Waals surface area contributed by atoms with E-state index in [2.05, 4.69) is 51.7 Å². The number of benzene rings is 2. The molecule has 4 aromatic rings. The van der Waals surface area contributed by atoms with Gasteiger partial charge in [0.15, 0.2) is 17.2 Å². The second kappa shape index (κ2) is 10.5. The zero-order valence-corrected chi connectivity index (χ0v) is 20.7. The predicted molar refractivity (Wildman–Crippen MR) is 130 cm³/mol. The Morgan fingerprint density at radius 1 is 1.34 bits per heavy atom. The fourth-order valence-corrected chi connectivity index (χ4v) is 3.85. The third-order valence-electron chi connectivity index (χ3n) is 4.65. The van der Waals surface area contributed by atoms with E-state index in [0.29, 0.717) is 38.9 Å². The van der Waals surface area contributed by atoms with Gasteiger partial charge in [0.25, 0.3) is 5.91 Å². The van der Waals surface area contributed by atoms with E-state index in [1.807, 2.05) is 18.2 Å². The highest BCUT2D eigenvalue weighted by atomic mass is 79.9. The second-order valence-corrected chi connectivity index (χ2v) is 8.35. The van der Waals surface area contributed by atoms with Gasteiger partial charge in [0.1, 0.15) is 6.61 Å². The first-order valence-corrected chi connectivity index (χ1v) is 11.1. The van der Waals surface area contributed by atoms with Crippen LogP contribution >= 0.6 is 27.5 Å². The first-order valence-electron chi connectivity index (χ1n) is 9.96. The van der Waals surface area contributed by atoms with Gasteiger partial charge in [-0.1, -0.05) is 28.9 Å². The zero-order valence-electron chi connectivity index (χ0n) is 18.4. The molecule has 0 fully saturated rings. The van der Waals surface area contributed by atoms with Crippen LogP contribution in [0.15, 0.2) is 50.6 Å². The molecule has 0 atom stereocenters. The topological polar surface area (TPSA) is 156 Å². The molecule has 0 radical (unpaired) electrons. The molecular formula is C21H18BrClN8O4. The smallest absolute Gasteiger partial charge is 0.292 e. The number of aryl methyl sites for hydroxylation is 1. The van der Waals surface area contributed by atoms with Crippen LogP contribution in [0.25, 0.3) is 5.82 Å². The molecule has 0 aliphatic carbocycles. The van der Waals surface area contributed by atoms with Crippen LogP contribution in [0.5, 0.6) is 11.5 Å². The van der Waals surface area contributed by atoms with Gasteiger partial charge >= 0.3 is 0 Å². The Hall–Kier alpha value is -3.97. The van der Waals surface area contributed by atoms with Crippen molar-refractivity contribution in [2.45, 2.75) is 13.5 Å². The number of hydrogen-bond donors (Lipinski definition) is 2. The summed E-state index contributed by atoms with van der Waals surface area (Å²) in [6.45, 7) is 1.90. The average molecular weight is 562 g/mol. The maximum absolute atomic E-state index is 12.7. The van der Waals surface area contributed by atoms with E-state index in [9.17, 15) is 4.79 Å². The van der Waals surface area contributed by atoms with Crippen LogP contribution in [0.3, 0.4) is 0 Å². The number of ether oxygens (including phenoxy) is 2. The Morgan fingerprint density at radius 3 is 2.89 bits per heavy atom. The number of nitrogens with zero attached hydrogens (tertiary/aromatic N) is 6. The Kier molecular flexibility index (Phi) is 7.27. The van der Waals surface area contributed by atoms with Gasteiger partial charge in [0.05, 0.1) is 23.5 Å². The number of aromatic nitrogens is 5. The quantitative estimate of drug-likeness (QED) is 0.243. The summed E-state index contributed by atoms with van der Waals surface area (Å²) in [4.78, 5) is 12.7. The van der Waals surface area contributed by atoms with Gasteiger partial charge < -0.3 is 15.2 Å². The third kappa shape index (κ3) is 5.41. The fourth-order valence-electron chi connectivity index (χ4n) is 3.06. The molecule has 2 aromatic heterocycles. The van der Waals surface area contributed by atoms with Crippen molar-refractivity contribution >= 4 is 45.5 Å². The number of rotatable bonds is 8. The fraction of sp³-hybridized carbons (Fsp3) is 0.143. The molecule has 3 N–H and O–H groups in total. The van der Waals surface area contributed by atoms with Crippen LogP contribution in [0.1, 0.15) is 27.3 Å². The Morgan fingerprint density at radius 2 is 2.17 bits per heavy atom. The summed E-state index contributed by atoms with van der Waals surface area (Å²) < 4.78 is 17.7. The molecule has 2 heterocycles. The molecule has 0 aliphatic rings. The molecule has 0 saturated heterocycles. The van der Waals surface area contributed by atoms with Crippen LogP contribution in [0, 0.1) is 6.92 Å². The van der Waals surface area contributed by atoms with E-state index in [0.717, 1.165) is 10.2 Å². The minimum atomic E-state index is -0.585. The van der Waals surface area contributed by atoms with Crippen LogP contribution in [0.4, 0.5) is 5.82 Å². The molecule has 35 heavy (non-hydrogen) atoms. The number of hydrogen-bond acceptors (Lipinski definition) is 10. The maximum Gasteiger partial charge on any atom is 0.292 e. The van der Waals surface area contributed by atoms with Crippen molar-refractivity contribution in [3.63, 3.8) is 0 Å². The van der Waals surface area contributed by atoms with Gasteiger partial charge in [0, 0.05) is 5.02 Å². The number of carbonyl (C=O) groups excluding carboxylic acids is 1. The van der Waals surface area contributed by atoms with Gasteiger partial charge in [-0.05, 0) is 68.6 Å². The van der Waals surface area contributed by atoms with Crippen LogP contribution < -0.4 is 20.6 Å². The molecule has 12 nitrogen and oxygen atoms in total. The molecule has 0 aliphatic heterocycles. The van der Waals surface area contributed by atoms with Crippen molar-refractivity contribution in [2.24, 2.45) is 5.10 Å². The molecule has 4 rings (SSSR count). The molecule has 0 bridgehead atoms. The SMILES string of the molecule is COc1cc(/C=N\NC(=O)c2c(C)nnn2-c2nonc2N)cc(Br)c1OCc1cccc(Cl)c1. The van der Waals surface area contributed by atoms with Crippen molar-refractivity contribution in [2.75, 3.05) is 12.8 Å². The van der Waals surface area contributed by atoms with Crippen molar-refractivity contribution in [1.29, 1.82) is 0 Å². The number of nitrogens with one attached hydrogen (secondary N) is 1. The highest BCUT2D eigenvalue weighted by molar-refractivity contribution is 9.10. The molecule has 14 heteroatoms. The summed E-state index contributed by atoms with van der Waals surface area (Å²) in [5.74, 6) is 0.405. The summed E-state index contributed by atoms with van der Waals surface area (Å²) >= 11 is 9.53. The largest absolute Gasteiger partial charge is 0.493 e. The number of amides is 1. The van der Waals surface area contributed by atoms with E-state index in [4.69, 9.17) is 26.8 Å². The number of nitrogen functional groups attached to an aromatic ring is 1. The van der Waals surface area contributed by atoms with Gasteiger partial charge in [-0.25, -0.2) is 10.1 Å². The summed E-state index contributed by atoms with van der Waals surface area (Å²) in [5.41, 5.74) is 10.1. The number of methoxy groups -OCH3 is 1. The van der Waals surface area contributed by atoms with Crippen LogP contribution in [-0.4, -0.2) is 44.5 Å². The average Bonchev–Trinajstić information content (AvgIpc) is 3.42. The lowest BCUT2D eigenvalue weighted by Crippen LogP contribution is -2.22. The Labute approximate surface area is 212 Å².